The lowest BCUT2D eigenvalue weighted by molar-refractivity contribution is -0.144. The van der Waals surface area contributed by atoms with Crippen LogP contribution in [0.2, 0.25) is 0 Å². The number of aromatic nitrogens is 2. The standard InChI is InChI=1S/C9H11NO2.C6H9N3O2.C4H7NO4/c10-8(9(11)12)6-7-4-2-1-3-5-7;7-5(6(10)11)1-4-2-8-3-9-4;5-2(4(8)9)1-3(6)7/h1-5,8H,6,10H2,(H,11,12);2-3,5H,1,7H2,(H,8,9)(H,10,11);2H,1,5H2,(H,6,7)(H,8,9). The molecule has 0 aliphatic rings. The number of aromatic amines is 1. The highest BCUT2D eigenvalue weighted by Crippen LogP contribution is 2.01. The average molecular weight is 453 g/mol. The number of nitrogens with two attached hydrogens (primary N) is 3. The monoisotopic (exact) mass is 453 g/mol. The van der Waals surface area contributed by atoms with Crippen LogP contribution in [-0.4, -0.2) is 72.4 Å². The van der Waals surface area contributed by atoms with Gasteiger partial charge in [-0.2, -0.15) is 0 Å². The zero-order chi connectivity index (χ0) is 24.7. The fourth-order valence-electron chi connectivity index (χ4n) is 1.95. The molecule has 0 saturated heterocycles. The summed E-state index contributed by atoms with van der Waals surface area (Å²) in [5.74, 6) is -4.46. The lowest BCUT2D eigenvalue weighted by Gasteiger charge is -2.04. The summed E-state index contributed by atoms with van der Waals surface area (Å²) >= 11 is 0. The van der Waals surface area contributed by atoms with Crippen molar-refractivity contribution in [3.8, 4) is 0 Å². The first kappa shape index (κ1) is 28.2. The Balaban J connectivity index is 0.000000456. The Hall–Kier alpha value is -3.81. The van der Waals surface area contributed by atoms with Crippen molar-refractivity contribution in [2.24, 2.45) is 17.2 Å². The lowest BCUT2D eigenvalue weighted by atomic mass is 10.1. The minimum atomic E-state index is -1.29. The Kier molecular flexibility index (Phi) is 13.3. The van der Waals surface area contributed by atoms with Gasteiger partial charge in [-0.15, -0.1) is 0 Å². The van der Waals surface area contributed by atoms with E-state index in [4.69, 9.17) is 37.6 Å². The molecule has 13 heteroatoms. The van der Waals surface area contributed by atoms with Crippen LogP contribution in [0.15, 0.2) is 42.9 Å². The smallest absolute Gasteiger partial charge is 0.321 e. The summed E-state index contributed by atoms with van der Waals surface area (Å²) in [4.78, 5) is 46.8. The minimum Gasteiger partial charge on any atom is -0.481 e. The predicted octanol–water partition coefficient (Wildman–Crippen LogP) is -1.12. The molecule has 0 aliphatic carbocycles. The molecule has 0 bridgehead atoms. The number of carbonyl (C=O) groups is 4. The van der Waals surface area contributed by atoms with Gasteiger partial charge in [0.1, 0.15) is 18.1 Å². The van der Waals surface area contributed by atoms with Crippen molar-refractivity contribution in [3.63, 3.8) is 0 Å². The van der Waals surface area contributed by atoms with Crippen molar-refractivity contribution in [2.75, 3.05) is 0 Å². The summed E-state index contributed by atoms with van der Waals surface area (Å²) in [5, 5.41) is 33.0. The predicted molar refractivity (Wildman–Crippen MR) is 112 cm³/mol. The number of nitrogens with one attached hydrogen (secondary N) is 1. The number of H-pyrrole nitrogens is 1. The van der Waals surface area contributed by atoms with Gasteiger partial charge >= 0.3 is 23.9 Å². The summed E-state index contributed by atoms with van der Waals surface area (Å²) in [5.41, 5.74) is 17.1. The number of imidazole rings is 1. The second kappa shape index (κ2) is 15.1. The maximum atomic E-state index is 10.4. The van der Waals surface area contributed by atoms with Gasteiger partial charge in [-0.1, -0.05) is 30.3 Å². The summed E-state index contributed by atoms with van der Waals surface area (Å²) in [6.45, 7) is 0. The van der Waals surface area contributed by atoms with Crippen LogP contribution in [0.4, 0.5) is 0 Å². The molecule has 2 aromatic rings. The lowest BCUT2D eigenvalue weighted by Crippen LogP contribution is -2.32. The Bertz CT molecular complexity index is 845. The molecule has 13 nitrogen and oxygen atoms in total. The molecule has 11 N–H and O–H groups in total. The maximum Gasteiger partial charge on any atom is 0.321 e. The third-order valence-electron chi connectivity index (χ3n) is 3.64. The van der Waals surface area contributed by atoms with Gasteiger partial charge in [0, 0.05) is 18.3 Å². The molecule has 0 saturated carbocycles. The first-order valence-electron chi connectivity index (χ1n) is 9.12. The van der Waals surface area contributed by atoms with E-state index in [9.17, 15) is 19.2 Å². The van der Waals surface area contributed by atoms with Crippen molar-refractivity contribution < 1.29 is 39.6 Å². The topological polar surface area (TPSA) is 256 Å². The molecule has 176 valence electrons. The maximum absolute atomic E-state index is 10.4. The van der Waals surface area contributed by atoms with Crippen LogP contribution in [0.25, 0.3) is 0 Å². The second-order valence-electron chi connectivity index (χ2n) is 6.40. The largest absolute Gasteiger partial charge is 0.481 e. The summed E-state index contributed by atoms with van der Waals surface area (Å²) in [6.07, 6.45) is 3.19. The van der Waals surface area contributed by atoms with E-state index in [0.29, 0.717) is 6.42 Å². The van der Waals surface area contributed by atoms with Gasteiger partial charge in [-0.05, 0) is 12.0 Å². The van der Waals surface area contributed by atoms with Gasteiger partial charge in [0.25, 0.3) is 0 Å². The van der Waals surface area contributed by atoms with Crippen molar-refractivity contribution in [2.45, 2.75) is 37.4 Å². The highest BCUT2D eigenvalue weighted by Gasteiger charge is 2.14. The second-order valence-corrected chi connectivity index (χ2v) is 6.40. The molecule has 1 aromatic heterocycles. The van der Waals surface area contributed by atoms with Gasteiger partial charge in [0.05, 0.1) is 12.7 Å². The molecule has 0 spiro atoms. The Morgan fingerprint density at radius 3 is 1.69 bits per heavy atom. The zero-order valence-corrected chi connectivity index (χ0v) is 17.0. The number of nitrogens with zero attached hydrogens (tertiary/aromatic N) is 1. The number of rotatable bonds is 9. The van der Waals surface area contributed by atoms with Crippen molar-refractivity contribution in [3.05, 3.63) is 54.1 Å². The molecule has 0 aliphatic heterocycles. The first-order chi connectivity index (χ1) is 14.9. The number of carboxylic acids is 4. The fraction of sp³-hybridized carbons (Fsp3) is 0.316. The molecule has 1 aromatic carbocycles. The van der Waals surface area contributed by atoms with E-state index in [1.807, 2.05) is 30.3 Å². The SMILES string of the molecule is NC(CC(=O)O)C(=O)O.NC(Cc1ccccc1)C(=O)O.NC(Cc1cnc[nH]1)C(=O)O. The highest BCUT2D eigenvalue weighted by atomic mass is 16.4. The number of benzene rings is 1. The molecule has 32 heavy (non-hydrogen) atoms. The van der Waals surface area contributed by atoms with E-state index in [2.05, 4.69) is 9.97 Å². The Morgan fingerprint density at radius 2 is 1.31 bits per heavy atom. The minimum absolute atomic E-state index is 0.287. The van der Waals surface area contributed by atoms with Crippen LogP contribution in [0.1, 0.15) is 17.7 Å². The molecular formula is C19H27N5O8. The van der Waals surface area contributed by atoms with Crippen LogP contribution in [0, 0.1) is 0 Å². The molecule has 0 fully saturated rings. The molecule has 0 radical (unpaired) electrons. The van der Waals surface area contributed by atoms with Gasteiger partial charge < -0.3 is 42.6 Å². The summed E-state index contributed by atoms with van der Waals surface area (Å²) in [6, 6.07) is 6.40. The van der Waals surface area contributed by atoms with Crippen molar-refractivity contribution >= 4 is 23.9 Å². The quantitative estimate of drug-likeness (QED) is 0.224. The van der Waals surface area contributed by atoms with Crippen molar-refractivity contribution in [1.82, 2.24) is 9.97 Å². The van der Waals surface area contributed by atoms with Crippen LogP contribution in [-0.2, 0) is 32.0 Å². The van der Waals surface area contributed by atoms with Crippen LogP contribution in [0.3, 0.4) is 0 Å². The molecule has 1 heterocycles. The number of hydrogen-bond donors (Lipinski definition) is 8. The highest BCUT2D eigenvalue weighted by molar-refractivity contribution is 5.80. The van der Waals surface area contributed by atoms with E-state index < -0.39 is 48.4 Å². The summed E-state index contributed by atoms with van der Waals surface area (Å²) < 4.78 is 0. The Labute approximate surface area is 182 Å². The van der Waals surface area contributed by atoms with Crippen molar-refractivity contribution in [1.29, 1.82) is 0 Å². The third-order valence-corrected chi connectivity index (χ3v) is 3.64. The van der Waals surface area contributed by atoms with E-state index in [-0.39, 0.29) is 6.42 Å². The van der Waals surface area contributed by atoms with Gasteiger partial charge in [0.2, 0.25) is 0 Å². The number of carboxylic acid groups (broad SMARTS) is 4. The summed E-state index contributed by atoms with van der Waals surface area (Å²) in [7, 11) is 0. The van der Waals surface area contributed by atoms with E-state index >= 15 is 0 Å². The average Bonchev–Trinajstić information content (AvgIpc) is 3.22. The fourth-order valence-corrected chi connectivity index (χ4v) is 1.95. The molecule has 2 rings (SSSR count). The number of hydrogen-bond acceptors (Lipinski definition) is 8. The van der Waals surface area contributed by atoms with Gasteiger partial charge in [0.15, 0.2) is 0 Å². The van der Waals surface area contributed by atoms with Gasteiger partial charge in [-0.3, -0.25) is 19.2 Å². The van der Waals surface area contributed by atoms with E-state index in [0.717, 1.165) is 11.3 Å². The molecule has 3 unspecified atom stereocenters. The third kappa shape index (κ3) is 13.4. The van der Waals surface area contributed by atoms with E-state index in [1.165, 1.54) is 6.33 Å². The molecule has 0 amide bonds. The normalized spacial score (nSPS) is 12.6. The van der Waals surface area contributed by atoms with Gasteiger partial charge in [-0.25, -0.2) is 4.98 Å². The first-order valence-corrected chi connectivity index (χ1v) is 9.12. The van der Waals surface area contributed by atoms with Crippen LogP contribution < -0.4 is 17.2 Å². The molecule has 3 atom stereocenters. The zero-order valence-electron chi connectivity index (χ0n) is 17.0. The van der Waals surface area contributed by atoms with E-state index in [1.54, 1.807) is 6.20 Å². The van der Waals surface area contributed by atoms with Crippen LogP contribution in [0.5, 0.6) is 0 Å². The number of aliphatic carboxylic acids is 4. The van der Waals surface area contributed by atoms with Crippen LogP contribution >= 0.6 is 0 Å². The molecular weight excluding hydrogens is 426 g/mol. The Morgan fingerprint density at radius 1 is 0.812 bits per heavy atom.